The van der Waals surface area contributed by atoms with E-state index in [0.29, 0.717) is 11.3 Å². The SMILES string of the molecule is C[C@H](Oc1ccc(C#N)cc1)C(=O)OCC(=O)N1CCCCC1. The number of rotatable bonds is 5. The Morgan fingerprint density at radius 3 is 2.48 bits per heavy atom. The molecule has 1 aromatic rings. The minimum absolute atomic E-state index is 0.163. The summed E-state index contributed by atoms with van der Waals surface area (Å²) in [5.41, 5.74) is 0.514. The first kappa shape index (κ1) is 16.8. The number of benzene rings is 1. The number of carbonyl (C=O) groups excluding carboxylic acids is 2. The fourth-order valence-electron chi connectivity index (χ4n) is 2.35. The van der Waals surface area contributed by atoms with Crippen molar-refractivity contribution in [3.8, 4) is 11.8 Å². The van der Waals surface area contributed by atoms with Crippen LogP contribution in [0, 0.1) is 11.3 Å². The van der Waals surface area contributed by atoms with Gasteiger partial charge in [-0.05, 0) is 50.5 Å². The average Bonchev–Trinajstić information content (AvgIpc) is 2.60. The summed E-state index contributed by atoms with van der Waals surface area (Å²) in [5.74, 6) is -0.279. The maximum absolute atomic E-state index is 11.9. The molecule has 1 aliphatic rings. The first-order valence-electron chi connectivity index (χ1n) is 7.71. The topological polar surface area (TPSA) is 79.6 Å². The van der Waals surface area contributed by atoms with Gasteiger partial charge in [-0.3, -0.25) is 4.79 Å². The van der Waals surface area contributed by atoms with Gasteiger partial charge in [-0.2, -0.15) is 5.26 Å². The third-order valence-electron chi connectivity index (χ3n) is 3.67. The van der Waals surface area contributed by atoms with E-state index in [9.17, 15) is 9.59 Å². The predicted molar refractivity (Wildman–Crippen MR) is 82.6 cm³/mol. The summed E-state index contributed by atoms with van der Waals surface area (Å²) in [7, 11) is 0. The standard InChI is InChI=1S/C17H20N2O4/c1-13(23-15-7-5-14(11-18)6-8-15)17(21)22-12-16(20)19-9-3-2-4-10-19/h5-8,13H,2-4,9-10,12H2,1H3/t13-/m0/s1. The van der Waals surface area contributed by atoms with E-state index in [4.69, 9.17) is 14.7 Å². The summed E-state index contributed by atoms with van der Waals surface area (Å²) in [6, 6.07) is 8.44. The molecule has 0 saturated carbocycles. The largest absolute Gasteiger partial charge is 0.479 e. The monoisotopic (exact) mass is 316 g/mol. The Kier molecular flexibility index (Phi) is 5.98. The molecule has 0 aliphatic carbocycles. The van der Waals surface area contributed by atoms with Gasteiger partial charge < -0.3 is 14.4 Å². The fraction of sp³-hybridized carbons (Fsp3) is 0.471. The van der Waals surface area contributed by atoms with Gasteiger partial charge in [-0.1, -0.05) is 0 Å². The van der Waals surface area contributed by atoms with Crippen molar-refractivity contribution in [2.45, 2.75) is 32.3 Å². The maximum atomic E-state index is 11.9. The van der Waals surface area contributed by atoms with Crippen molar-refractivity contribution in [3.05, 3.63) is 29.8 Å². The van der Waals surface area contributed by atoms with Crippen LogP contribution in [-0.2, 0) is 14.3 Å². The number of piperidine rings is 1. The van der Waals surface area contributed by atoms with Gasteiger partial charge in [0.2, 0.25) is 0 Å². The molecule has 122 valence electrons. The number of hydrogen-bond donors (Lipinski definition) is 0. The van der Waals surface area contributed by atoms with Crippen molar-refractivity contribution in [2.75, 3.05) is 19.7 Å². The number of hydrogen-bond acceptors (Lipinski definition) is 5. The van der Waals surface area contributed by atoms with Gasteiger partial charge >= 0.3 is 5.97 Å². The van der Waals surface area contributed by atoms with E-state index in [-0.39, 0.29) is 12.5 Å². The highest BCUT2D eigenvalue weighted by molar-refractivity contribution is 5.82. The first-order valence-corrected chi connectivity index (χ1v) is 7.71. The van der Waals surface area contributed by atoms with Crippen LogP contribution in [0.2, 0.25) is 0 Å². The summed E-state index contributed by atoms with van der Waals surface area (Å²) in [6.45, 7) is 2.77. The Labute approximate surface area is 135 Å². The molecule has 23 heavy (non-hydrogen) atoms. The molecule has 0 bridgehead atoms. The van der Waals surface area contributed by atoms with Crippen LogP contribution < -0.4 is 4.74 Å². The summed E-state index contributed by atoms with van der Waals surface area (Å²) >= 11 is 0. The summed E-state index contributed by atoms with van der Waals surface area (Å²) in [4.78, 5) is 25.5. The first-order chi connectivity index (χ1) is 11.1. The van der Waals surface area contributed by atoms with Crippen molar-refractivity contribution in [1.29, 1.82) is 5.26 Å². The van der Waals surface area contributed by atoms with Crippen molar-refractivity contribution >= 4 is 11.9 Å². The van der Waals surface area contributed by atoms with E-state index in [1.54, 1.807) is 36.1 Å². The Hall–Kier alpha value is -2.55. The van der Waals surface area contributed by atoms with Gasteiger partial charge in [-0.15, -0.1) is 0 Å². The van der Waals surface area contributed by atoms with E-state index in [2.05, 4.69) is 0 Å². The molecule has 0 radical (unpaired) electrons. The molecular weight excluding hydrogens is 296 g/mol. The quantitative estimate of drug-likeness (QED) is 0.775. The van der Waals surface area contributed by atoms with Crippen LogP contribution in [0.3, 0.4) is 0 Å². The van der Waals surface area contributed by atoms with Gasteiger partial charge in [0.15, 0.2) is 12.7 Å². The van der Waals surface area contributed by atoms with Crippen molar-refractivity contribution in [2.24, 2.45) is 0 Å². The highest BCUT2D eigenvalue weighted by Crippen LogP contribution is 2.14. The molecule has 6 heteroatoms. The van der Waals surface area contributed by atoms with Crippen LogP contribution in [-0.4, -0.2) is 42.6 Å². The van der Waals surface area contributed by atoms with E-state index in [1.807, 2.05) is 6.07 Å². The fourth-order valence-corrected chi connectivity index (χ4v) is 2.35. The van der Waals surface area contributed by atoms with Crippen LogP contribution in [0.1, 0.15) is 31.7 Å². The number of amides is 1. The normalized spacial score (nSPS) is 15.4. The molecule has 2 rings (SSSR count). The lowest BCUT2D eigenvalue weighted by Gasteiger charge is -2.26. The number of nitrogens with zero attached hydrogens (tertiary/aromatic N) is 2. The number of likely N-dealkylation sites (tertiary alicyclic amines) is 1. The van der Waals surface area contributed by atoms with E-state index in [0.717, 1.165) is 32.4 Å². The second-order valence-corrected chi connectivity index (χ2v) is 5.45. The molecule has 1 aromatic carbocycles. The molecule has 1 aliphatic heterocycles. The van der Waals surface area contributed by atoms with E-state index in [1.165, 1.54) is 0 Å². The minimum Gasteiger partial charge on any atom is -0.479 e. The van der Waals surface area contributed by atoms with Crippen LogP contribution in [0.25, 0.3) is 0 Å². The molecule has 0 spiro atoms. The predicted octanol–water partition coefficient (Wildman–Crippen LogP) is 1.88. The number of nitriles is 1. The minimum atomic E-state index is -0.822. The lowest BCUT2D eigenvalue weighted by Crippen LogP contribution is -2.39. The lowest BCUT2D eigenvalue weighted by atomic mass is 10.1. The molecule has 1 heterocycles. The molecule has 0 unspecified atom stereocenters. The summed E-state index contributed by atoms with van der Waals surface area (Å²) in [6.07, 6.45) is 2.31. The second kappa shape index (κ2) is 8.18. The highest BCUT2D eigenvalue weighted by atomic mass is 16.6. The Morgan fingerprint density at radius 2 is 1.87 bits per heavy atom. The maximum Gasteiger partial charge on any atom is 0.347 e. The molecule has 0 N–H and O–H groups in total. The Balaban J connectivity index is 1.77. The van der Waals surface area contributed by atoms with Crippen molar-refractivity contribution < 1.29 is 19.1 Å². The molecule has 1 fully saturated rings. The van der Waals surface area contributed by atoms with E-state index >= 15 is 0 Å². The summed E-state index contributed by atoms with van der Waals surface area (Å²) in [5, 5.41) is 8.73. The third kappa shape index (κ3) is 4.99. The van der Waals surface area contributed by atoms with Gasteiger partial charge in [0.25, 0.3) is 5.91 Å². The Bertz CT molecular complexity index is 586. The average molecular weight is 316 g/mol. The van der Waals surface area contributed by atoms with Crippen LogP contribution >= 0.6 is 0 Å². The second-order valence-electron chi connectivity index (χ2n) is 5.45. The Morgan fingerprint density at radius 1 is 1.22 bits per heavy atom. The molecule has 1 atom stereocenters. The van der Waals surface area contributed by atoms with Gasteiger partial charge in [0.05, 0.1) is 11.6 Å². The third-order valence-corrected chi connectivity index (χ3v) is 3.67. The highest BCUT2D eigenvalue weighted by Gasteiger charge is 2.21. The van der Waals surface area contributed by atoms with Gasteiger partial charge in [0.1, 0.15) is 5.75 Å². The lowest BCUT2D eigenvalue weighted by molar-refractivity contribution is -0.157. The number of carbonyl (C=O) groups is 2. The van der Waals surface area contributed by atoms with Crippen LogP contribution in [0.5, 0.6) is 5.75 Å². The molecule has 6 nitrogen and oxygen atoms in total. The summed E-state index contributed by atoms with van der Waals surface area (Å²) < 4.78 is 10.5. The number of esters is 1. The zero-order valence-electron chi connectivity index (χ0n) is 13.2. The van der Waals surface area contributed by atoms with Crippen molar-refractivity contribution in [3.63, 3.8) is 0 Å². The van der Waals surface area contributed by atoms with Gasteiger partial charge in [0, 0.05) is 13.1 Å². The smallest absolute Gasteiger partial charge is 0.347 e. The zero-order valence-corrected chi connectivity index (χ0v) is 13.2. The van der Waals surface area contributed by atoms with Gasteiger partial charge in [-0.25, -0.2) is 4.79 Å². The van der Waals surface area contributed by atoms with Crippen LogP contribution in [0.4, 0.5) is 0 Å². The molecular formula is C17H20N2O4. The molecule has 1 amide bonds. The van der Waals surface area contributed by atoms with Crippen LogP contribution in [0.15, 0.2) is 24.3 Å². The van der Waals surface area contributed by atoms with E-state index < -0.39 is 12.1 Å². The van der Waals surface area contributed by atoms with Crippen molar-refractivity contribution in [1.82, 2.24) is 4.90 Å². The zero-order chi connectivity index (χ0) is 16.7. The molecule has 0 aromatic heterocycles. The molecule has 1 saturated heterocycles. The number of ether oxygens (including phenoxy) is 2.